The Kier molecular flexibility index (Phi) is 8.05. The van der Waals surface area contributed by atoms with E-state index in [0.717, 1.165) is 39.4 Å². The second kappa shape index (κ2) is 11.7. The third kappa shape index (κ3) is 6.55. The van der Waals surface area contributed by atoms with Crippen LogP contribution >= 0.6 is 23.4 Å². The van der Waals surface area contributed by atoms with Gasteiger partial charge in [-0.2, -0.15) is 13.2 Å². The van der Waals surface area contributed by atoms with Crippen molar-refractivity contribution in [3.63, 3.8) is 0 Å². The maximum absolute atomic E-state index is 12.9. The third-order valence-corrected chi connectivity index (χ3v) is 7.37. The van der Waals surface area contributed by atoms with Gasteiger partial charge < -0.3 is 10.1 Å². The molecule has 3 amide bonds. The summed E-state index contributed by atoms with van der Waals surface area (Å²) in [5.74, 6) is -1.08. The molecular formula is C30H20ClF3N2O4S. The Labute approximate surface area is 241 Å². The van der Waals surface area contributed by atoms with Gasteiger partial charge in [-0.3, -0.25) is 19.3 Å². The molecule has 0 radical (unpaired) electrons. The Morgan fingerprint density at radius 3 is 2.51 bits per heavy atom. The molecule has 41 heavy (non-hydrogen) atoms. The van der Waals surface area contributed by atoms with E-state index in [-0.39, 0.29) is 10.6 Å². The number of fused-ring (bicyclic) bond motifs is 1. The van der Waals surface area contributed by atoms with Crippen LogP contribution in [0.2, 0.25) is 5.02 Å². The van der Waals surface area contributed by atoms with Crippen LogP contribution in [0.25, 0.3) is 16.8 Å². The maximum Gasteiger partial charge on any atom is 0.416 e. The number of hydrogen-bond acceptors (Lipinski definition) is 5. The van der Waals surface area contributed by atoms with Crippen LogP contribution in [0.4, 0.5) is 23.7 Å². The summed E-state index contributed by atoms with van der Waals surface area (Å²) in [6.07, 6.45) is -3.11. The van der Waals surface area contributed by atoms with Crippen LogP contribution in [0.1, 0.15) is 16.7 Å². The number of carbonyl (C=O) groups is 3. The van der Waals surface area contributed by atoms with Gasteiger partial charge in [0.25, 0.3) is 11.1 Å². The first-order chi connectivity index (χ1) is 19.6. The highest BCUT2D eigenvalue weighted by Crippen LogP contribution is 2.35. The lowest BCUT2D eigenvalue weighted by Gasteiger charge is -2.13. The maximum atomic E-state index is 12.9. The minimum Gasteiger partial charge on any atom is -0.487 e. The molecule has 1 aliphatic heterocycles. The Morgan fingerprint density at radius 2 is 1.73 bits per heavy atom. The lowest BCUT2D eigenvalue weighted by Crippen LogP contribution is -2.36. The van der Waals surface area contributed by atoms with Gasteiger partial charge in [0.1, 0.15) is 18.9 Å². The van der Waals surface area contributed by atoms with Crippen molar-refractivity contribution in [2.75, 3.05) is 11.9 Å². The number of imide groups is 1. The van der Waals surface area contributed by atoms with Crippen LogP contribution in [0.5, 0.6) is 5.75 Å². The lowest BCUT2D eigenvalue weighted by atomic mass is 10.1. The number of amides is 3. The minimum atomic E-state index is -4.58. The number of carbonyl (C=O) groups excluding carboxylic acids is 3. The van der Waals surface area contributed by atoms with E-state index in [1.165, 1.54) is 12.1 Å². The molecule has 0 aliphatic carbocycles. The van der Waals surface area contributed by atoms with E-state index in [0.29, 0.717) is 34.7 Å². The molecule has 0 saturated carbocycles. The molecule has 11 heteroatoms. The fourth-order valence-corrected chi connectivity index (χ4v) is 5.28. The summed E-state index contributed by atoms with van der Waals surface area (Å²) in [4.78, 5) is 38.5. The molecule has 6 nitrogen and oxygen atoms in total. The van der Waals surface area contributed by atoms with E-state index in [1.807, 2.05) is 42.5 Å². The van der Waals surface area contributed by atoms with Gasteiger partial charge in [-0.25, -0.2) is 0 Å². The molecule has 0 atom stereocenters. The summed E-state index contributed by atoms with van der Waals surface area (Å²) >= 11 is 7.08. The molecule has 0 spiro atoms. The highest BCUT2D eigenvalue weighted by Gasteiger charge is 2.36. The van der Waals surface area contributed by atoms with Crippen molar-refractivity contribution in [3.05, 3.63) is 112 Å². The molecule has 1 N–H and O–H groups in total. The Hall–Kier alpha value is -4.28. The van der Waals surface area contributed by atoms with E-state index < -0.39 is 35.3 Å². The molecule has 208 valence electrons. The Morgan fingerprint density at radius 1 is 0.976 bits per heavy atom. The molecule has 0 unspecified atom stereocenters. The van der Waals surface area contributed by atoms with Crippen molar-refractivity contribution in [1.29, 1.82) is 0 Å². The molecule has 0 aromatic heterocycles. The van der Waals surface area contributed by atoms with Crippen molar-refractivity contribution < 1.29 is 32.3 Å². The van der Waals surface area contributed by atoms with Crippen LogP contribution in [-0.2, 0) is 22.4 Å². The van der Waals surface area contributed by atoms with E-state index >= 15 is 0 Å². The number of alkyl halides is 3. The van der Waals surface area contributed by atoms with Crippen molar-refractivity contribution in [2.45, 2.75) is 12.8 Å². The van der Waals surface area contributed by atoms with Gasteiger partial charge in [-0.15, -0.1) is 0 Å². The highest BCUT2D eigenvalue weighted by molar-refractivity contribution is 8.18. The first-order valence-electron chi connectivity index (χ1n) is 12.2. The van der Waals surface area contributed by atoms with Crippen molar-refractivity contribution in [2.24, 2.45) is 0 Å². The quantitative estimate of drug-likeness (QED) is 0.221. The van der Waals surface area contributed by atoms with Crippen LogP contribution < -0.4 is 10.1 Å². The van der Waals surface area contributed by atoms with Crippen LogP contribution in [0, 0.1) is 0 Å². The van der Waals surface area contributed by atoms with E-state index in [4.69, 9.17) is 16.3 Å². The number of thioether (sulfide) groups is 1. The number of rotatable bonds is 7. The van der Waals surface area contributed by atoms with Gasteiger partial charge in [0.05, 0.1) is 15.5 Å². The van der Waals surface area contributed by atoms with Gasteiger partial charge >= 0.3 is 6.18 Å². The van der Waals surface area contributed by atoms with E-state index in [9.17, 15) is 27.6 Å². The topological polar surface area (TPSA) is 75.7 Å². The van der Waals surface area contributed by atoms with Crippen molar-refractivity contribution in [3.8, 4) is 5.75 Å². The van der Waals surface area contributed by atoms with Gasteiger partial charge in [0, 0.05) is 5.69 Å². The fourth-order valence-electron chi connectivity index (χ4n) is 4.20. The molecule has 1 aliphatic rings. The molecule has 5 rings (SSSR count). The summed E-state index contributed by atoms with van der Waals surface area (Å²) in [7, 11) is 0. The molecule has 1 heterocycles. The normalized spacial score (nSPS) is 14.6. The number of hydrogen-bond donors (Lipinski definition) is 1. The van der Waals surface area contributed by atoms with Gasteiger partial charge in [0.2, 0.25) is 5.91 Å². The number of halogens is 4. The number of nitrogens with one attached hydrogen (secondary N) is 1. The summed E-state index contributed by atoms with van der Waals surface area (Å²) < 4.78 is 44.7. The first kappa shape index (κ1) is 28.3. The van der Waals surface area contributed by atoms with Crippen molar-refractivity contribution in [1.82, 2.24) is 4.90 Å². The van der Waals surface area contributed by atoms with Crippen LogP contribution in [0.3, 0.4) is 0 Å². The average Bonchev–Trinajstić information content (AvgIpc) is 3.19. The van der Waals surface area contributed by atoms with Gasteiger partial charge in [0.15, 0.2) is 0 Å². The zero-order chi connectivity index (χ0) is 29.1. The summed E-state index contributed by atoms with van der Waals surface area (Å²) in [5, 5.41) is 4.08. The van der Waals surface area contributed by atoms with Gasteiger partial charge in [-0.05, 0) is 70.1 Å². The molecule has 1 saturated heterocycles. The summed E-state index contributed by atoms with van der Waals surface area (Å²) in [6.45, 7) is -0.359. The second-order valence-corrected chi connectivity index (χ2v) is 10.4. The highest BCUT2D eigenvalue weighted by atomic mass is 35.5. The predicted molar refractivity (Wildman–Crippen MR) is 152 cm³/mol. The molecule has 0 bridgehead atoms. The van der Waals surface area contributed by atoms with E-state index in [2.05, 4.69) is 5.32 Å². The monoisotopic (exact) mass is 596 g/mol. The van der Waals surface area contributed by atoms with Gasteiger partial charge in [-0.1, -0.05) is 66.2 Å². The van der Waals surface area contributed by atoms with Crippen LogP contribution in [-0.4, -0.2) is 28.5 Å². The average molecular weight is 597 g/mol. The second-order valence-electron chi connectivity index (χ2n) is 9.01. The SMILES string of the molecule is O=C(CN1C(=O)S/C(=C\c2ccc(OCc3cccc4ccccc34)c(Cl)c2)C1=O)Nc1cccc(C(F)(F)F)c1. The fraction of sp³-hybridized carbons (Fsp3) is 0.100. The first-order valence-corrected chi connectivity index (χ1v) is 13.4. The lowest BCUT2D eigenvalue weighted by molar-refractivity contribution is -0.137. The zero-order valence-corrected chi connectivity index (χ0v) is 22.6. The minimum absolute atomic E-state index is 0.0716. The largest absolute Gasteiger partial charge is 0.487 e. The predicted octanol–water partition coefficient (Wildman–Crippen LogP) is 7.77. The molecule has 4 aromatic rings. The number of nitrogens with zero attached hydrogens (tertiary/aromatic N) is 1. The van der Waals surface area contributed by atoms with Crippen molar-refractivity contribution >= 4 is 63.0 Å². The number of ether oxygens (including phenoxy) is 1. The smallest absolute Gasteiger partial charge is 0.416 e. The third-order valence-electron chi connectivity index (χ3n) is 6.17. The molecule has 1 fully saturated rings. The Bertz CT molecular complexity index is 1700. The van der Waals surface area contributed by atoms with Crippen LogP contribution in [0.15, 0.2) is 89.8 Å². The summed E-state index contributed by atoms with van der Waals surface area (Å²) in [5.41, 5.74) is 0.484. The number of benzene rings is 4. The standard InChI is InChI=1S/C30H20ClF3N2O4S/c31-24-13-18(11-12-25(24)40-17-20-7-3-6-19-5-1-2-10-23(19)20)14-26-28(38)36(29(39)41-26)16-27(37)35-22-9-4-8-21(15-22)30(32,33)34/h1-15H,16-17H2,(H,35,37)/b26-14-. The number of anilines is 1. The molecule has 4 aromatic carbocycles. The molecular weight excluding hydrogens is 577 g/mol. The zero-order valence-electron chi connectivity index (χ0n) is 21.1. The van der Waals surface area contributed by atoms with E-state index in [1.54, 1.807) is 18.2 Å². The Balaban J connectivity index is 1.23. The summed E-state index contributed by atoms with van der Waals surface area (Å²) in [6, 6.07) is 22.9.